The zero-order valence-corrected chi connectivity index (χ0v) is 20.3. The highest BCUT2D eigenvalue weighted by atomic mass is 19.1. The van der Waals surface area contributed by atoms with Crippen LogP contribution in [0.2, 0.25) is 0 Å². The van der Waals surface area contributed by atoms with Crippen molar-refractivity contribution < 1.29 is 4.39 Å². The molecule has 1 saturated carbocycles. The van der Waals surface area contributed by atoms with Gasteiger partial charge in [0.05, 0.1) is 5.56 Å². The van der Waals surface area contributed by atoms with Gasteiger partial charge in [0.15, 0.2) is 0 Å². The van der Waals surface area contributed by atoms with Crippen LogP contribution in [-0.4, -0.2) is 0 Å². The summed E-state index contributed by atoms with van der Waals surface area (Å²) in [5.41, 5.74) is 4.06. The lowest BCUT2D eigenvalue weighted by molar-refractivity contribution is 0.259. The van der Waals surface area contributed by atoms with Gasteiger partial charge in [0.25, 0.3) is 0 Å². The first-order valence-corrected chi connectivity index (χ1v) is 13.0. The third-order valence-electron chi connectivity index (χ3n) is 7.52. The second-order valence-corrected chi connectivity index (χ2v) is 9.87. The molecule has 0 amide bonds. The summed E-state index contributed by atoms with van der Waals surface area (Å²) in [6.07, 6.45) is 12.7. The monoisotopic (exact) mass is 440 g/mol. The number of hydrogen-bond acceptors (Lipinski definition) is 0. The third kappa shape index (κ3) is 6.26. The highest BCUT2D eigenvalue weighted by Crippen LogP contribution is 2.33. The number of halogens is 1. The molecule has 0 saturated heterocycles. The highest BCUT2D eigenvalue weighted by molar-refractivity contribution is 5.85. The summed E-state index contributed by atoms with van der Waals surface area (Å²) in [6, 6.07) is 18.4. The maximum Gasteiger partial charge on any atom is 0.146 e. The quantitative estimate of drug-likeness (QED) is 0.322. The van der Waals surface area contributed by atoms with Gasteiger partial charge in [-0.25, -0.2) is 4.39 Å². The van der Waals surface area contributed by atoms with Gasteiger partial charge in [-0.15, -0.1) is 0 Å². The van der Waals surface area contributed by atoms with Crippen LogP contribution >= 0.6 is 0 Å². The average Bonchev–Trinajstić information content (AvgIpc) is 2.86. The molecule has 1 aliphatic carbocycles. The fourth-order valence-corrected chi connectivity index (χ4v) is 5.17. The molecule has 172 valence electrons. The van der Waals surface area contributed by atoms with E-state index in [1.807, 2.05) is 30.3 Å². The molecule has 0 atom stereocenters. The first kappa shape index (κ1) is 23.6. The van der Waals surface area contributed by atoms with E-state index in [1.54, 1.807) is 0 Å². The lowest BCUT2D eigenvalue weighted by Gasteiger charge is -2.27. The maximum absolute atomic E-state index is 15.2. The molecule has 33 heavy (non-hydrogen) atoms. The molecule has 1 heteroatoms. The van der Waals surface area contributed by atoms with Crippen LogP contribution < -0.4 is 0 Å². The second kappa shape index (κ2) is 11.5. The van der Waals surface area contributed by atoms with E-state index in [-0.39, 0.29) is 5.82 Å². The molecule has 0 N–H and O–H groups in total. The van der Waals surface area contributed by atoms with Crippen LogP contribution in [0.3, 0.4) is 0 Å². The van der Waals surface area contributed by atoms with E-state index in [0.29, 0.717) is 10.9 Å². The van der Waals surface area contributed by atoms with Gasteiger partial charge in [-0.3, -0.25) is 0 Å². The second-order valence-electron chi connectivity index (χ2n) is 9.87. The van der Waals surface area contributed by atoms with Gasteiger partial charge in [-0.05, 0) is 72.2 Å². The average molecular weight is 441 g/mol. The van der Waals surface area contributed by atoms with Crippen LogP contribution in [0.15, 0.2) is 54.6 Å². The van der Waals surface area contributed by atoms with Crippen LogP contribution in [0.4, 0.5) is 4.39 Å². The number of hydrogen-bond donors (Lipinski definition) is 0. The Hall–Kier alpha value is -2.59. The van der Waals surface area contributed by atoms with Gasteiger partial charge in [0.2, 0.25) is 0 Å². The Morgan fingerprint density at radius 1 is 0.788 bits per heavy atom. The number of fused-ring (bicyclic) bond motifs is 1. The molecule has 3 aromatic carbocycles. The minimum absolute atomic E-state index is 0.205. The minimum atomic E-state index is -0.205. The lowest BCUT2D eigenvalue weighted by Crippen LogP contribution is -2.14. The van der Waals surface area contributed by atoms with Crippen molar-refractivity contribution in [1.29, 1.82) is 0 Å². The predicted molar refractivity (Wildman–Crippen MR) is 139 cm³/mol. The van der Waals surface area contributed by atoms with Crippen molar-refractivity contribution in [2.75, 3.05) is 0 Å². The molecular formula is C32H37F. The summed E-state index contributed by atoms with van der Waals surface area (Å²) >= 11 is 0. The molecule has 1 fully saturated rings. The number of rotatable bonds is 7. The normalized spacial score (nSPS) is 18.2. The molecule has 0 aromatic heterocycles. The molecule has 0 radical (unpaired) electrons. The number of aryl methyl sites for hydroxylation is 2. The van der Waals surface area contributed by atoms with E-state index >= 15 is 4.39 Å². The zero-order valence-electron chi connectivity index (χ0n) is 20.3. The van der Waals surface area contributed by atoms with Crippen LogP contribution in [0.1, 0.15) is 87.5 Å². The van der Waals surface area contributed by atoms with Crippen molar-refractivity contribution >= 4 is 10.8 Å². The molecule has 0 heterocycles. The molecule has 4 rings (SSSR count). The van der Waals surface area contributed by atoms with E-state index in [4.69, 9.17) is 0 Å². The fraction of sp³-hybridized carbons (Fsp3) is 0.438. The van der Waals surface area contributed by atoms with Crippen LogP contribution in [0.5, 0.6) is 0 Å². The number of unbranched alkanes of at least 4 members (excludes halogenated alkanes) is 1. The van der Waals surface area contributed by atoms with E-state index in [9.17, 15) is 0 Å². The van der Waals surface area contributed by atoms with E-state index in [0.717, 1.165) is 35.6 Å². The summed E-state index contributed by atoms with van der Waals surface area (Å²) in [7, 11) is 0. The Labute approximate surface area is 199 Å². The van der Waals surface area contributed by atoms with Gasteiger partial charge >= 0.3 is 0 Å². The summed E-state index contributed by atoms with van der Waals surface area (Å²) in [5.74, 6) is 7.79. The SMILES string of the molecule is CCCCc1ccc(C#Cc2ccc3cc(CCC4CCC(CC)CC4)ccc3c2F)cc1. The molecule has 1 aliphatic rings. The van der Waals surface area contributed by atoms with E-state index < -0.39 is 0 Å². The molecular weight excluding hydrogens is 403 g/mol. The molecule has 0 aliphatic heterocycles. The summed E-state index contributed by atoms with van der Waals surface area (Å²) in [5, 5.41) is 1.65. The molecule has 0 nitrogen and oxygen atoms in total. The van der Waals surface area contributed by atoms with Crippen molar-refractivity contribution in [3.8, 4) is 11.8 Å². The van der Waals surface area contributed by atoms with Crippen LogP contribution in [0.25, 0.3) is 10.8 Å². The summed E-state index contributed by atoms with van der Waals surface area (Å²) < 4.78 is 15.2. The fourth-order valence-electron chi connectivity index (χ4n) is 5.17. The largest absolute Gasteiger partial charge is 0.205 e. The lowest BCUT2D eigenvalue weighted by atomic mass is 9.78. The van der Waals surface area contributed by atoms with Gasteiger partial charge in [0.1, 0.15) is 5.82 Å². The topological polar surface area (TPSA) is 0 Å². The first-order valence-electron chi connectivity index (χ1n) is 13.0. The first-order chi connectivity index (χ1) is 16.2. The standard InChI is InChI=1S/C32H37F/c1-3-5-6-25-11-13-27(14-12-25)17-19-29-20-21-30-23-28(18-22-31(30)32(29)33)16-15-26-9-7-24(4-2)8-10-26/h11-14,18,20-24,26H,3-10,15-16H2,1-2H3. The van der Waals surface area contributed by atoms with Gasteiger partial charge < -0.3 is 0 Å². The van der Waals surface area contributed by atoms with Crippen molar-refractivity contribution in [2.24, 2.45) is 11.8 Å². The Balaban J connectivity index is 1.41. The van der Waals surface area contributed by atoms with Crippen molar-refractivity contribution in [3.05, 3.63) is 82.7 Å². The summed E-state index contributed by atoms with van der Waals surface area (Å²) in [4.78, 5) is 0. The molecule has 0 unspecified atom stereocenters. The van der Waals surface area contributed by atoms with Crippen LogP contribution in [-0.2, 0) is 12.8 Å². The zero-order chi connectivity index (χ0) is 23.0. The van der Waals surface area contributed by atoms with E-state index in [2.05, 4.69) is 50.0 Å². The Morgan fingerprint density at radius 2 is 1.52 bits per heavy atom. The summed E-state index contributed by atoms with van der Waals surface area (Å²) in [6.45, 7) is 4.53. The molecule has 0 spiro atoms. The Morgan fingerprint density at radius 3 is 2.24 bits per heavy atom. The van der Waals surface area contributed by atoms with Crippen molar-refractivity contribution in [1.82, 2.24) is 0 Å². The smallest absolute Gasteiger partial charge is 0.146 e. The minimum Gasteiger partial charge on any atom is -0.205 e. The Kier molecular flexibility index (Phi) is 8.22. The van der Waals surface area contributed by atoms with Crippen LogP contribution in [0, 0.1) is 29.5 Å². The predicted octanol–water partition coefficient (Wildman–Crippen LogP) is 8.87. The van der Waals surface area contributed by atoms with Gasteiger partial charge in [0, 0.05) is 10.9 Å². The molecule has 0 bridgehead atoms. The van der Waals surface area contributed by atoms with Crippen molar-refractivity contribution in [3.63, 3.8) is 0 Å². The maximum atomic E-state index is 15.2. The molecule has 3 aromatic rings. The van der Waals surface area contributed by atoms with Crippen molar-refractivity contribution in [2.45, 2.75) is 78.1 Å². The highest BCUT2D eigenvalue weighted by Gasteiger charge is 2.19. The number of benzene rings is 3. The van der Waals surface area contributed by atoms with Gasteiger partial charge in [-0.1, -0.05) is 101 Å². The Bertz CT molecular complexity index is 1100. The van der Waals surface area contributed by atoms with E-state index in [1.165, 1.54) is 62.5 Å². The third-order valence-corrected chi connectivity index (χ3v) is 7.52. The van der Waals surface area contributed by atoms with Gasteiger partial charge in [-0.2, -0.15) is 0 Å².